The monoisotopic (exact) mass is 326 g/mol. The number of hydrogen-bond acceptors (Lipinski definition) is 4. The number of carbonyl (C=O) groups excluding carboxylic acids is 1. The number of hydrogen-bond donors (Lipinski definition) is 2. The lowest BCUT2D eigenvalue weighted by Gasteiger charge is -2.28. The molecule has 0 unspecified atom stereocenters. The predicted octanol–water partition coefficient (Wildman–Crippen LogP) is 3.27. The van der Waals surface area contributed by atoms with Gasteiger partial charge in [0.15, 0.2) is 0 Å². The Kier molecular flexibility index (Phi) is 6.68. The Balaban J connectivity index is 1.94. The maximum atomic E-state index is 11.9. The fourth-order valence-corrected chi connectivity index (χ4v) is 2.62. The number of benzene rings is 1. The highest BCUT2D eigenvalue weighted by Crippen LogP contribution is 2.21. The molecule has 1 amide bonds. The Morgan fingerprint density at radius 3 is 2.50 bits per heavy atom. The quantitative estimate of drug-likeness (QED) is 0.622. The van der Waals surface area contributed by atoms with E-state index in [4.69, 9.17) is 5.26 Å². The number of nitrogens with one attached hydrogen (secondary N) is 2. The minimum absolute atomic E-state index is 0.0794. The van der Waals surface area contributed by atoms with Gasteiger partial charge in [-0.05, 0) is 49.4 Å². The summed E-state index contributed by atoms with van der Waals surface area (Å²) in [5, 5.41) is 14.9. The van der Waals surface area contributed by atoms with Crippen LogP contribution in [0.3, 0.4) is 0 Å². The van der Waals surface area contributed by atoms with Gasteiger partial charge < -0.3 is 15.5 Å². The van der Waals surface area contributed by atoms with Gasteiger partial charge in [0, 0.05) is 37.2 Å². The van der Waals surface area contributed by atoms with Gasteiger partial charge >= 0.3 is 0 Å². The summed E-state index contributed by atoms with van der Waals surface area (Å²) in [5.41, 5.74) is 2.16. The molecule has 1 aliphatic rings. The number of carbonyl (C=O) groups is 1. The van der Waals surface area contributed by atoms with Crippen LogP contribution < -0.4 is 15.5 Å². The molecule has 1 aliphatic heterocycles. The zero-order valence-corrected chi connectivity index (χ0v) is 14.5. The lowest BCUT2D eigenvalue weighted by atomic mass is 10.1. The first kappa shape index (κ1) is 17.9. The molecule has 1 aromatic carbocycles. The maximum absolute atomic E-state index is 11.9. The van der Waals surface area contributed by atoms with E-state index in [1.807, 2.05) is 32.0 Å². The van der Waals surface area contributed by atoms with E-state index in [0.29, 0.717) is 12.5 Å². The van der Waals surface area contributed by atoms with Crippen LogP contribution >= 0.6 is 0 Å². The van der Waals surface area contributed by atoms with Crippen molar-refractivity contribution in [2.75, 3.05) is 29.9 Å². The van der Waals surface area contributed by atoms with Gasteiger partial charge in [-0.3, -0.25) is 4.79 Å². The Morgan fingerprint density at radius 1 is 1.25 bits per heavy atom. The summed E-state index contributed by atoms with van der Waals surface area (Å²) in [6.07, 6.45) is 5.28. The van der Waals surface area contributed by atoms with Gasteiger partial charge in [0.25, 0.3) is 5.91 Å². The summed E-state index contributed by atoms with van der Waals surface area (Å²) in [4.78, 5) is 14.3. The van der Waals surface area contributed by atoms with Crippen LogP contribution in [0.4, 0.5) is 11.4 Å². The van der Waals surface area contributed by atoms with Crippen LogP contribution in [0, 0.1) is 17.2 Å². The SMILES string of the molecule is CC(C)CNC(=O)/C(C#N)=C\Nc1ccc(N2CCCCC2)cc1. The molecule has 5 nitrogen and oxygen atoms in total. The molecule has 2 rings (SSSR count). The molecule has 0 aliphatic carbocycles. The van der Waals surface area contributed by atoms with Crippen molar-refractivity contribution in [3.8, 4) is 6.07 Å². The number of nitrogens with zero attached hydrogens (tertiary/aromatic N) is 2. The topological polar surface area (TPSA) is 68.2 Å². The molecule has 0 bridgehead atoms. The molecular weight excluding hydrogens is 300 g/mol. The van der Waals surface area contributed by atoms with Gasteiger partial charge in [0.1, 0.15) is 11.6 Å². The summed E-state index contributed by atoms with van der Waals surface area (Å²) in [5.74, 6) is 0.00724. The van der Waals surface area contributed by atoms with E-state index >= 15 is 0 Å². The summed E-state index contributed by atoms with van der Waals surface area (Å²) in [6.45, 7) is 6.81. The molecular formula is C19H26N4O. The zero-order valence-electron chi connectivity index (χ0n) is 14.5. The molecule has 0 aromatic heterocycles. The van der Waals surface area contributed by atoms with Crippen molar-refractivity contribution >= 4 is 17.3 Å². The van der Waals surface area contributed by atoms with Crippen LogP contribution in [0.25, 0.3) is 0 Å². The third-order valence-corrected chi connectivity index (χ3v) is 4.01. The summed E-state index contributed by atoms with van der Waals surface area (Å²) >= 11 is 0. The molecule has 24 heavy (non-hydrogen) atoms. The molecule has 1 heterocycles. The van der Waals surface area contributed by atoms with E-state index in [9.17, 15) is 4.79 Å². The molecule has 5 heteroatoms. The van der Waals surface area contributed by atoms with Crippen molar-refractivity contribution < 1.29 is 4.79 Å². The van der Waals surface area contributed by atoms with Crippen molar-refractivity contribution in [1.29, 1.82) is 5.26 Å². The normalized spacial score (nSPS) is 15.1. The smallest absolute Gasteiger partial charge is 0.263 e. The highest BCUT2D eigenvalue weighted by molar-refractivity contribution is 5.97. The van der Waals surface area contributed by atoms with Crippen molar-refractivity contribution in [2.24, 2.45) is 5.92 Å². The first-order chi connectivity index (χ1) is 11.6. The van der Waals surface area contributed by atoms with Crippen LogP contribution in [0.5, 0.6) is 0 Å². The van der Waals surface area contributed by atoms with Crippen molar-refractivity contribution in [2.45, 2.75) is 33.1 Å². The molecule has 0 atom stereocenters. The average Bonchev–Trinajstić information content (AvgIpc) is 2.61. The number of amides is 1. The zero-order chi connectivity index (χ0) is 17.4. The van der Waals surface area contributed by atoms with Crippen LogP contribution in [-0.4, -0.2) is 25.5 Å². The fraction of sp³-hybridized carbons (Fsp3) is 0.474. The third kappa shape index (κ3) is 5.31. The number of anilines is 2. The molecule has 0 radical (unpaired) electrons. The molecule has 0 saturated carbocycles. The van der Waals surface area contributed by atoms with Gasteiger partial charge in [-0.1, -0.05) is 13.8 Å². The molecule has 2 N–H and O–H groups in total. The van der Waals surface area contributed by atoms with Gasteiger partial charge in [0.05, 0.1) is 0 Å². The lowest BCUT2D eigenvalue weighted by molar-refractivity contribution is -0.117. The summed E-state index contributed by atoms with van der Waals surface area (Å²) < 4.78 is 0. The van der Waals surface area contributed by atoms with E-state index in [0.717, 1.165) is 18.8 Å². The number of piperidine rings is 1. The van der Waals surface area contributed by atoms with Crippen LogP contribution in [0.15, 0.2) is 36.0 Å². The van der Waals surface area contributed by atoms with Crippen molar-refractivity contribution in [3.63, 3.8) is 0 Å². The fourth-order valence-electron chi connectivity index (χ4n) is 2.62. The Morgan fingerprint density at radius 2 is 1.92 bits per heavy atom. The summed E-state index contributed by atoms with van der Waals surface area (Å²) in [7, 11) is 0. The van der Waals surface area contributed by atoms with Crippen molar-refractivity contribution in [1.82, 2.24) is 5.32 Å². The minimum atomic E-state index is -0.344. The second kappa shape index (κ2) is 8.97. The van der Waals surface area contributed by atoms with E-state index in [-0.39, 0.29) is 11.5 Å². The van der Waals surface area contributed by atoms with Crippen LogP contribution in [0.1, 0.15) is 33.1 Å². The molecule has 1 saturated heterocycles. The van der Waals surface area contributed by atoms with Crippen LogP contribution in [-0.2, 0) is 4.79 Å². The van der Waals surface area contributed by atoms with E-state index in [1.54, 1.807) is 0 Å². The van der Waals surface area contributed by atoms with Gasteiger partial charge in [-0.2, -0.15) is 5.26 Å². The standard InChI is InChI=1S/C19H26N4O/c1-15(2)13-22-19(24)16(12-20)14-21-17-6-8-18(9-7-17)23-10-4-3-5-11-23/h6-9,14-15,21H,3-5,10-11,13H2,1-2H3,(H,22,24)/b16-14-. The highest BCUT2D eigenvalue weighted by Gasteiger charge is 2.11. The van der Waals surface area contributed by atoms with E-state index in [2.05, 4.69) is 27.7 Å². The number of nitriles is 1. The van der Waals surface area contributed by atoms with E-state index in [1.165, 1.54) is 31.1 Å². The van der Waals surface area contributed by atoms with Crippen LogP contribution in [0.2, 0.25) is 0 Å². The predicted molar refractivity (Wildman–Crippen MR) is 97.7 cm³/mol. The molecule has 1 fully saturated rings. The Bertz CT molecular complexity index is 607. The second-order valence-corrected chi connectivity index (χ2v) is 6.51. The lowest BCUT2D eigenvalue weighted by Crippen LogP contribution is -2.29. The van der Waals surface area contributed by atoms with Crippen molar-refractivity contribution in [3.05, 3.63) is 36.0 Å². The first-order valence-corrected chi connectivity index (χ1v) is 8.60. The number of rotatable bonds is 6. The first-order valence-electron chi connectivity index (χ1n) is 8.60. The minimum Gasteiger partial charge on any atom is -0.372 e. The summed E-state index contributed by atoms with van der Waals surface area (Å²) in [6, 6.07) is 10.0. The largest absolute Gasteiger partial charge is 0.372 e. The molecule has 128 valence electrons. The molecule has 0 spiro atoms. The Hall–Kier alpha value is -2.48. The highest BCUT2D eigenvalue weighted by atomic mass is 16.1. The maximum Gasteiger partial charge on any atom is 0.263 e. The molecule has 1 aromatic rings. The van der Waals surface area contributed by atoms with Gasteiger partial charge in [-0.25, -0.2) is 0 Å². The third-order valence-electron chi connectivity index (χ3n) is 4.01. The van der Waals surface area contributed by atoms with Gasteiger partial charge in [-0.15, -0.1) is 0 Å². The van der Waals surface area contributed by atoms with E-state index < -0.39 is 0 Å². The average molecular weight is 326 g/mol. The van der Waals surface area contributed by atoms with Gasteiger partial charge in [0.2, 0.25) is 0 Å². The second-order valence-electron chi connectivity index (χ2n) is 6.51. The Labute approximate surface area is 144 Å².